The van der Waals surface area contributed by atoms with Crippen molar-refractivity contribution in [3.05, 3.63) is 83.2 Å². The molecule has 0 fully saturated rings. The normalized spacial score (nSPS) is 11.1. The van der Waals surface area contributed by atoms with Gasteiger partial charge in [-0.1, -0.05) is 68.8 Å². The third-order valence-corrected chi connectivity index (χ3v) is 4.47. The monoisotopic (exact) mass is 374 g/mol. The zero-order valence-electron chi connectivity index (χ0n) is 16.8. The van der Waals surface area contributed by atoms with Gasteiger partial charge in [-0.3, -0.25) is 4.79 Å². The molecule has 0 saturated heterocycles. The molecule has 5 heteroatoms. The molecule has 5 nitrogen and oxygen atoms in total. The molecule has 0 atom stereocenters. The van der Waals surface area contributed by atoms with Crippen molar-refractivity contribution in [2.24, 2.45) is 0 Å². The average molecular weight is 374 g/mol. The minimum Gasteiger partial charge on any atom is -0.348 e. The molecule has 0 spiro atoms. The van der Waals surface area contributed by atoms with E-state index < -0.39 is 0 Å². The summed E-state index contributed by atoms with van der Waals surface area (Å²) in [6.07, 6.45) is 3.08. The standard InChI is InChI=1S/C23H26N4O/c1-16-9-11-17(12-10-16)13-24-21(28)18-14-25-22(26-15-18)27-20-8-6-5-7-19(20)23(2,3)4/h5-12,14-15H,13H2,1-4H3,(H,24,28)(H,25,26,27). The van der Waals surface area contributed by atoms with E-state index in [2.05, 4.69) is 47.4 Å². The number of nitrogens with zero attached hydrogens (tertiary/aromatic N) is 2. The van der Waals surface area contributed by atoms with Crippen LogP contribution in [-0.2, 0) is 12.0 Å². The molecule has 1 heterocycles. The number of hydrogen-bond donors (Lipinski definition) is 2. The van der Waals surface area contributed by atoms with Crippen LogP contribution >= 0.6 is 0 Å². The van der Waals surface area contributed by atoms with Crippen LogP contribution in [-0.4, -0.2) is 15.9 Å². The highest BCUT2D eigenvalue weighted by atomic mass is 16.1. The van der Waals surface area contributed by atoms with Crippen molar-refractivity contribution in [2.45, 2.75) is 39.7 Å². The number of carbonyl (C=O) groups is 1. The molecule has 3 rings (SSSR count). The number of benzene rings is 2. The third-order valence-electron chi connectivity index (χ3n) is 4.47. The van der Waals surface area contributed by atoms with Crippen LogP contribution in [0, 0.1) is 6.92 Å². The number of nitrogens with one attached hydrogen (secondary N) is 2. The molecule has 0 aliphatic carbocycles. The van der Waals surface area contributed by atoms with Gasteiger partial charge in [0.1, 0.15) is 0 Å². The highest BCUT2D eigenvalue weighted by molar-refractivity contribution is 5.93. The van der Waals surface area contributed by atoms with Crippen molar-refractivity contribution in [3.63, 3.8) is 0 Å². The van der Waals surface area contributed by atoms with Crippen LogP contribution in [0.15, 0.2) is 60.9 Å². The van der Waals surface area contributed by atoms with E-state index in [1.807, 2.05) is 49.4 Å². The van der Waals surface area contributed by atoms with Crippen molar-refractivity contribution in [1.82, 2.24) is 15.3 Å². The quantitative estimate of drug-likeness (QED) is 0.676. The van der Waals surface area contributed by atoms with E-state index in [-0.39, 0.29) is 11.3 Å². The molecule has 2 N–H and O–H groups in total. The fourth-order valence-corrected chi connectivity index (χ4v) is 2.87. The smallest absolute Gasteiger partial charge is 0.254 e. The minimum atomic E-state index is -0.192. The Bertz CT molecular complexity index is 942. The van der Waals surface area contributed by atoms with Gasteiger partial charge in [-0.15, -0.1) is 0 Å². The van der Waals surface area contributed by atoms with E-state index in [1.54, 1.807) is 12.4 Å². The Morgan fingerprint density at radius 2 is 1.61 bits per heavy atom. The first-order valence-electron chi connectivity index (χ1n) is 9.35. The summed E-state index contributed by atoms with van der Waals surface area (Å²) >= 11 is 0. The van der Waals surface area contributed by atoms with Crippen LogP contribution in [0.25, 0.3) is 0 Å². The Kier molecular flexibility index (Phi) is 5.73. The summed E-state index contributed by atoms with van der Waals surface area (Å²) in [5, 5.41) is 6.15. The summed E-state index contributed by atoms with van der Waals surface area (Å²) in [5.74, 6) is 0.272. The van der Waals surface area contributed by atoms with Crippen molar-refractivity contribution in [2.75, 3.05) is 5.32 Å². The number of para-hydroxylation sites is 1. The topological polar surface area (TPSA) is 66.9 Å². The van der Waals surface area contributed by atoms with E-state index in [0.29, 0.717) is 18.1 Å². The van der Waals surface area contributed by atoms with Crippen LogP contribution in [0.2, 0.25) is 0 Å². The Morgan fingerprint density at radius 1 is 0.964 bits per heavy atom. The zero-order valence-corrected chi connectivity index (χ0v) is 16.8. The SMILES string of the molecule is Cc1ccc(CNC(=O)c2cnc(Nc3ccccc3C(C)(C)C)nc2)cc1. The summed E-state index contributed by atoms with van der Waals surface area (Å²) in [6, 6.07) is 16.2. The van der Waals surface area contributed by atoms with Gasteiger partial charge in [0.15, 0.2) is 0 Å². The molecule has 0 radical (unpaired) electrons. The summed E-state index contributed by atoms with van der Waals surface area (Å²) in [6.45, 7) is 8.99. The molecule has 0 bridgehead atoms. The number of aryl methyl sites for hydroxylation is 1. The highest BCUT2D eigenvalue weighted by Gasteiger charge is 2.18. The molecule has 0 aliphatic rings. The molecule has 1 amide bonds. The molecule has 28 heavy (non-hydrogen) atoms. The average Bonchev–Trinajstić information content (AvgIpc) is 2.67. The number of anilines is 2. The van der Waals surface area contributed by atoms with Gasteiger partial charge in [0, 0.05) is 24.6 Å². The largest absolute Gasteiger partial charge is 0.348 e. The second kappa shape index (κ2) is 8.21. The molecular weight excluding hydrogens is 348 g/mol. The molecular formula is C23H26N4O. The lowest BCUT2D eigenvalue weighted by Crippen LogP contribution is -2.23. The summed E-state index contributed by atoms with van der Waals surface area (Å²) < 4.78 is 0. The van der Waals surface area contributed by atoms with Crippen LogP contribution < -0.4 is 10.6 Å². The first-order valence-corrected chi connectivity index (χ1v) is 9.35. The van der Waals surface area contributed by atoms with E-state index in [9.17, 15) is 4.79 Å². The lowest BCUT2D eigenvalue weighted by molar-refractivity contribution is 0.0950. The molecule has 0 unspecified atom stereocenters. The van der Waals surface area contributed by atoms with E-state index in [1.165, 1.54) is 11.1 Å². The van der Waals surface area contributed by atoms with Crippen molar-refractivity contribution < 1.29 is 4.79 Å². The lowest BCUT2D eigenvalue weighted by Gasteiger charge is -2.22. The summed E-state index contributed by atoms with van der Waals surface area (Å²) in [5.41, 5.74) is 4.82. The first-order chi connectivity index (χ1) is 13.3. The number of hydrogen-bond acceptors (Lipinski definition) is 4. The number of amides is 1. The number of aromatic nitrogens is 2. The van der Waals surface area contributed by atoms with Crippen molar-refractivity contribution in [3.8, 4) is 0 Å². The Balaban J connectivity index is 1.65. The Labute approximate surface area is 166 Å². The molecule has 0 aliphatic heterocycles. The Morgan fingerprint density at radius 3 is 2.25 bits per heavy atom. The predicted molar refractivity (Wildman–Crippen MR) is 113 cm³/mol. The number of rotatable bonds is 5. The maximum absolute atomic E-state index is 12.3. The molecule has 2 aromatic carbocycles. The second-order valence-electron chi connectivity index (χ2n) is 7.88. The minimum absolute atomic E-state index is 0.000597. The van der Waals surface area contributed by atoms with E-state index >= 15 is 0 Å². The number of carbonyl (C=O) groups excluding carboxylic acids is 1. The predicted octanol–water partition coefficient (Wildman–Crippen LogP) is 4.76. The van der Waals surface area contributed by atoms with Gasteiger partial charge in [-0.05, 0) is 29.5 Å². The van der Waals surface area contributed by atoms with Gasteiger partial charge in [0.05, 0.1) is 5.56 Å². The molecule has 1 aromatic heterocycles. The fraction of sp³-hybridized carbons (Fsp3) is 0.261. The first kappa shape index (κ1) is 19.5. The fourth-order valence-electron chi connectivity index (χ4n) is 2.87. The summed E-state index contributed by atoms with van der Waals surface area (Å²) in [7, 11) is 0. The van der Waals surface area contributed by atoms with E-state index in [0.717, 1.165) is 11.3 Å². The highest BCUT2D eigenvalue weighted by Crippen LogP contribution is 2.30. The van der Waals surface area contributed by atoms with Gasteiger partial charge in [0.2, 0.25) is 5.95 Å². The van der Waals surface area contributed by atoms with Gasteiger partial charge >= 0.3 is 0 Å². The zero-order chi connectivity index (χ0) is 20.1. The molecule has 0 saturated carbocycles. The van der Waals surface area contributed by atoms with Gasteiger partial charge in [-0.2, -0.15) is 0 Å². The van der Waals surface area contributed by atoms with Gasteiger partial charge < -0.3 is 10.6 Å². The van der Waals surface area contributed by atoms with Crippen molar-refractivity contribution >= 4 is 17.5 Å². The third kappa shape index (κ3) is 4.94. The van der Waals surface area contributed by atoms with Gasteiger partial charge in [0.25, 0.3) is 5.91 Å². The lowest BCUT2D eigenvalue weighted by atomic mass is 9.86. The maximum Gasteiger partial charge on any atom is 0.254 e. The van der Waals surface area contributed by atoms with Gasteiger partial charge in [-0.25, -0.2) is 9.97 Å². The maximum atomic E-state index is 12.3. The second-order valence-corrected chi connectivity index (χ2v) is 7.88. The van der Waals surface area contributed by atoms with Crippen LogP contribution in [0.3, 0.4) is 0 Å². The molecule has 144 valence electrons. The van der Waals surface area contributed by atoms with Crippen LogP contribution in [0.1, 0.15) is 47.8 Å². The van der Waals surface area contributed by atoms with Crippen LogP contribution in [0.4, 0.5) is 11.6 Å². The molecule has 3 aromatic rings. The van der Waals surface area contributed by atoms with E-state index in [4.69, 9.17) is 0 Å². The van der Waals surface area contributed by atoms with Crippen LogP contribution in [0.5, 0.6) is 0 Å². The van der Waals surface area contributed by atoms with Crippen molar-refractivity contribution in [1.29, 1.82) is 0 Å². The Hall–Kier alpha value is -3.21. The summed E-state index contributed by atoms with van der Waals surface area (Å²) in [4.78, 5) is 20.9.